The van der Waals surface area contributed by atoms with E-state index in [-0.39, 0.29) is 11.5 Å². The minimum Gasteiger partial charge on any atom is -0.478 e. The fraction of sp³-hybridized carbons (Fsp3) is 0.533. The summed E-state index contributed by atoms with van der Waals surface area (Å²) in [5.41, 5.74) is 1.25. The second-order valence-corrected chi connectivity index (χ2v) is 8.21. The molecule has 1 saturated heterocycles. The summed E-state index contributed by atoms with van der Waals surface area (Å²) in [6.07, 6.45) is 1.76. The molecule has 1 aliphatic rings. The van der Waals surface area contributed by atoms with Crippen molar-refractivity contribution >= 4 is 16.0 Å². The van der Waals surface area contributed by atoms with E-state index in [2.05, 4.69) is 0 Å². The van der Waals surface area contributed by atoms with Crippen LogP contribution in [-0.2, 0) is 10.0 Å². The maximum Gasteiger partial charge on any atom is 0.335 e. The molecule has 1 aromatic carbocycles. The molecule has 0 aliphatic carbocycles. The monoisotopic (exact) mass is 311 g/mol. The van der Waals surface area contributed by atoms with Gasteiger partial charge in [-0.1, -0.05) is 12.1 Å². The number of nitrogens with zero attached hydrogens (tertiary/aromatic N) is 1. The molecule has 0 radical (unpaired) electrons. The zero-order chi connectivity index (χ0) is 15.6. The molecule has 2 rings (SSSR count). The topological polar surface area (TPSA) is 74.7 Å². The molecule has 1 heterocycles. The molecule has 21 heavy (non-hydrogen) atoms. The van der Waals surface area contributed by atoms with Crippen LogP contribution in [0.25, 0.3) is 0 Å². The number of carbonyl (C=O) groups is 1. The summed E-state index contributed by atoms with van der Waals surface area (Å²) in [4.78, 5) is 10.9. The van der Waals surface area contributed by atoms with Crippen LogP contribution in [0.4, 0.5) is 0 Å². The minimum absolute atomic E-state index is 0.134. The molecule has 0 saturated carbocycles. The largest absolute Gasteiger partial charge is 0.478 e. The van der Waals surface area contributed by atoms with Gasteiger partial charge in [0, 0.05) is 13.1 Å². The van der Waals surface area contributed by atoms with Gasteiger partial charge in [0.15, 0.2) is 0 Å². The van der Waals surface area contributed by atoms with Gasteiger partial charge in [-0.2, -0.15) is 0 Å². The smallest absolute Gasteiger partial charge is 0.335 e. The summed E-state index contributed by atoms with van der Waals surface area (Å²) in [5.74, 6) is -0.815. The molecule has 0 spiro atoms. The average molecular weight is 311 g/mol. The van der Waals surface area contributed by atoms with Crippen molar-refractivity contribution in [1.29, 1.82) is 0 Å². The SMILES string of the molecule is CC(C)S(=O)(=O)N1CCC[C@H](c2ccc(C(=O)O)cc2)C1. The van der Waals surface area contributed by atoms with Gasteiger partial charge < -0.3 is 5.11 Å². The van der Waals surface area contributed by atoms with Gasteiger partial charge in [-0.25, -0.2) is 17.5 Å². The number of piperidine rings is 1. The first-order valence-electron chi connectivity index (χ1n) is 7.14. The Kier molecular flexibility index (Phi) is 4.68. The summed E-state index contributed by atoms with van der Waals surface area (Å²) in [6.45, 7) is 4.44. The molecule has 1 aromatic rings. The maximum absolute atomic E-state index is 12.3. The number of sulfonamides is 1. The standard InChI is InChI=1S/C15H21NO4S/c1-11(2)21(19,20)16-9-3-4-14(10-16)12-5-7-13(8-6-12)15(17)18/h5-8,11,14H,3-4,9-10H2,1-2H3,(H,17,18)/t14-/m0/s1. The third-order valence-corrected chi connectivity index (χ3v) is 6.21. The van der Waals surface area contributed by atoms with Crippen molar-refractivity contribution in [3.05, 3.63) is 35.4 Å². The van der Waals surface area contributed by atoms with E-state index in [0.29, 0.717) is 13.1 Å². The molecule has 116 valence electrons. The predicted octanol–water partition coefficient (Wildman–Crippen LogP) is 2.30. The van der Waals surface area contributed by atoms with Gasteiger partial charge in [0.1, 0.15) is 0 Å². The summed E-state index contributed by atoms with van der Waals surface area (Å²) in [5, 5.41) is 8.50. The van der Waals surface area contributed by atoms with Crippen LogP contribution >= 0.6 is 0 Å². The Morgan fingerprint density at radius 3 is 2.43 bits per heavy atom. The average Bonchev–Trinajstić information content (AvgIpc) is 2.47. The fourth-order valence-electron chi connectivity index (χ4n) is 2.64. The van der Waals surface area contributed by atoms with Gasteiger partial charge in [0.05, 0.1) is 10.8 Å². The lowest BCUT2D eigenvalue weighted by molar-refractivity contribution is 0.0697. The van der Waals surface area contributed by atoms with Crippen molar-refractivity contribution in [3.63, 3.8) is 0 Å². The molecule has 0 unspecified atom stereocenters. The zero-order valence-corrected chi connectivity index (χ0v) is 13.1. The van der Waals surface area contributed by atoms with Crippen molar-refractivity contribution in [2.45, 2.75) is 37.9 Å². The summed E-state index contributed by atoms with van der Waals surface area (Å²) in [7, 11) is -3.22. The molecule has 5 nitrogen and oxygen atoms in total. The predicted molar refractivity (Wildman–Crippen MR) is 81.0 cm³/mol. The van der Waals surface area contributed by atoms with Crippen molar-refractivity contribution < 1.29 is 18.3 Å². The van der Waals surface area contributed by atoms with Crippen LogP contribution in [0, 0.1) is 0 Å². The lowest BCUT2D eigenvalue weighted by atomic mass is 9.91. The van der Waals surface area contributed by atoms with Gasteiger partial charge >= 0.3 is 5.97 Å². The molecule has 0 amide bonds. The van der Waals surface area contributed by atoms with E-state index in [1.165, 1.54) is 0 Å². The van der Waals surface area contributed by atoms with E-state index < -0.39 is 21.2 Å². The van der Waals surface area contributed by atoms with Gasteiger partial charge in [-0.15, -0.1) is 0 Å². The Morgan fingerprint density at radius 1 is 1.29 bits per heavy atom. The van der Waals surface area contributed by atoms with Gasteiger partial charge in [-0.3, -0.25) is 0 Å². The highest BCUT2D eigenvalue weighted by Crippen LogP contribution is 2.29. The minimum atomic E-state index is -3.22. The lowest BCUT2D eigenvalue weighted by Crippen LogP contribution is -2.42. The van der Waals surface area contributed by atoms with Crippen LogP contribution < -0.4 is 0 Å². The van der Waals surface area contributed by atoms with E-state index in [1.54, 1.807) is 42.4 Å². The first-order valence-corrected chi connectivity index (χ1v) is 8.65. The lowest BCUT2D eigenvalue weighted by Gasteiger charge is -2.33. The number of aromatic carboxylic acids is 1. The molecule has 1 atom stereocenters. The Balaban J connectivity index is 2.16. The Hall–Kier alpha value is -1.40. The van der Waals surface area contributed by atoms with E-state index in [0.717, 1.165) is 18.4 Å². The van der Waals surface area contributed by atoms with Crippen molar-refractivity contribution in [1.82, 2.24) is 4.31 Å². The van der Waals surface area contributed by atoms with E-state index in [9.17, 15) is 13.2 Å². The molecule has 1 N–H and O–H groups in total. The van der Waals surface area contributed by atoms with Crippen LogP contribution in [0.2, 0.25) is 0 Å². The Labute approximate surface area is 125 Å². The van der Waals surface area contributed by atoms with E-state index in [4.69, 9.17) is 5.11 Å². The number of hydrogen-bond donors (Lipinski definition) is 1. The maximum atomic E-state index is 12.3. The molecule has 1 aliphatic heterocycles. The normalized spacial score (nSPS) is 20.6. The molecular formula is C15H21NO4S. The summed E-state index contributed by atoms with van der Waals surface area (Å²) in [6, 6.07) is 6.74. The van der Waals surface area contributed by atoms with Gasteiger partial charge in [0.25, 0.3) is 0 Å². The Bertz CT molecular complexity index is 607. The summed E-state index contributed by atoms with van der Waals surface area (Å²) >= 11 is 0. The first kappa shape index (κ1) is 16.0. The number of carboxylic acids is 1. The van der Waals surface area contributed by atoms with Crippen molar-refractivity contribution in [2.24, 2.45) is 0 Å². The quantitative estimate of drug-likeness (QED) is 0.926. The van der Waals surface area contributed by atoms with E-state index in [1.807, 2.05) is 0 Å². The van der Waals surface area contributed by atoms with Crippen LogP contribution in [0.15, 0.2) is 24.3 Å². The second kappa shape index (κ2) is 6.15. The summed E-state index contributed by atoms with van der Waals surface area (Å²) < 4.78 is 26.1. The molecule has 0 bridgehead atoms. The second-order valence-electron chi connectivity index (χ2n) is 5.72. The Morgan fingerprint density at radius 2 is 1.90 bits per heavy atom. The van der Waals surface area contributed by atoms with Crippen LogP contribution in [0.1, 0.15) is 48.5 Å². The molecular weight excluding hydrogens is 290 g/mol. The highest BCUT2D eigenvalue weighted by atomic mass is 32.2. The van der Waals surface area contributed by atoms with Gasteiger partial charge in [-0.05, 0) is 50.3 Å². The number of benzene rings is 1. The van der Waals surface area contributed by atoms with E-state index >= 15 is 0 Å². The van der Waals surface area contributed by atoms with Crippen LogP contribution in [0.5, 0.6) is 0 Å². The highest BCUT2D eigenvalue weighted by Gasteiger charge is 2.31. The molecule has 1 fully saturated rings. The number of hydrogen-bond acceptors (Lipinski definition) is 3. The van der Waals surface area contributed by atoms with Gasteiger partial charge in [0.2, 0.25) is 10.0 Å². The number of rotatable bonds is 4. The van der Waals surface area contributed by atoms with Crippen LogP contribution in [0.3, 0.4) is 0 Å². The first-order chi connectivity index (χ1) is 9.82. The molecule has 0 aromatic heterocycles. The van der Waals surface area contributed by atoms with Crippen molar-refractivity contribution in [2.75, 3.05) is 13.1 Å². The molecule has 6 heteroatoms. The number of carboxylic acid groups (broad SMARTS) is 1. The zero-order valence-electron chi connectivity index (χ0n) is 12.3. The van der Waals surface area contributed by atoms with Crippen molar-refractivity contribution in [3.8, 4) is 0 Å². The fourth-order valence-corrected chi connectivity index (χ4v) is 4.01. The highest BCUT2D eigenvalue weighted by molar-refractivity contribution is 7.89. The third-order valence-electron chi connectivity index (χ3n) is 3.97. The third kappa shape index (κ3) is 3.44. The van der Waals surface area contributed by atoms with Crippen LogP contribution in [-0.4, -0.2) is 42.1 Å².